The lowest BCUT2D eigenvalue weighted by molar-refractivity contribution is -0.140. The Morgan fingerprint density at radius 2 is 1.75 bits per heavy atom. The highest BCUT2D eigenvalue weighted by Crippen LogP contribution is 2.42. The second kappa shape index (κ2) is 7.81. The van der Waals surface area contributed by atoms with E-state index in [1.54, 1.807) is 18.6 Å². The van der Waals surface area contributed by atoms with Gasteiger partial charge < -0.3 is 15.0 Å². The number of aliphatic hydroxyl groups is 1. The molecule has 1 unspecified atom stereocenters. The van der Waals surface area contributed by atoms with Crippen molar-refractivity contribution in [1.82, 2.24) is 14.9 Å². The summed E-state index contributed by atoms with van der Waals surface area (Å²) in [7, 11) is 0. The summed E-state index contributed by atoms with van der Waals surface area (Å²) in [6.07, 6.45) is 4.98. The van der Waals surface area contributed by atoms with Crippen molar-refractivity contribution in [2.75, 3.05) is 0 Å². The van der Waals surface area contributed by atoms with Crippen LogP contribution in [0.4, 0.5) is 0 Å². The first-order chi connectivity index (χ1) is 15.6. The average Bonchev–Trinajstić information content (AvgIpc) is 3.35. The predicted molar refractivity (Wildman–Crippen MR) is 122 cm³/mol. The van der Waals surface area contributed by atoms with Crippen LogP contribution in [-0.4, -0.2) is 31.7 Å². The van der Waals surface area contributed by atoms with Gasteiger partial charge >= 0.3 is 0 Å². The number of nitrogens with one attached hydrogen (secondary N) is 1. The summed E-state index contributed by atoms with van der Waals surface area (Å²) in [4.78, 5) is 35.1. The zero-order valence-electron chi connectivity index (χ0n) is 17.4. The summed E-state index contributed by atoms with van der Waals surface area (Å²) in [5, 5.41) is 12.1. The SMILES string of the molecule is Cc1ccccc1C1/C(=C(\O)c2c[nH]c3ccccc23)C(=O)C(=O)N1Cc1ccncc1. The van der Waals surface area contributed by atoms with Gasteiger partial charge in [-0.15, -0.1) is 0 Å². The van der Waals surface area contributed by atoms with Crippen LogP contribution in [0.3, 0.4) is 0 Å². The van der Waals surface area contributed by atoms with Gasteiger partial charge in [0.05, 0.1) is 11.6 Å². The van der Waals surface area contributed by atoms with E-state index in [2.05, 4.69) is 9.97 Å². The number of carbonyl (C=O) groups is 2. The number of aliphatic hydroxyl groups excluding tert-OH is 1. The van der Waals surface area contributed by atoms with Gasteiger partial charge in [-0.25, -0.2) is 0 Å². The molecule has 1 saturated heterocycles. The van der Waals surface area contributed by atoms with Gasteiger partial charge in [0.15, 0.2) is 0 Å². The fourth-order valence-electron chi connectivity index (χ4n) is 4.36. The van der Waals surface area contributed by atoms with Crippen molar-refractivity contribution in [2.45, 2.75) is 19.5 Å². The van der Waals surface area contributed by atoms with Crippen molar-refractivity contribution in [1.29, 1.82) is 0 Å². The molecule has 0 aliphatic carbocycles. The Hall–Kier alpha value is -4.19. The molecule has 0 radical (unpaired) electrons. The van der Waals surface area contributed by atoms with Crippen LogP contribution in [0.5, 0.6) is 0 Å². The molecule has 1 atom stereocenters. The van der Waals surface area contributed by atoms with E-state index < -0.39 is 17.7 Å². The Bertz CT molecular complexity index is 1370. The molecule has 158 valence electrons. The minimum atomic E-state index is -0.696. The van der Waals surface area contributed by atoms with Crippen LogP contribution in [0.15, 0.2) is 84.8 Å². The van der Waals surface area contributed by atoms with Gasteiger partial charge in [0.25, 0.3) is 11.7 Å². The molecule has 0 bridgehead atoms. The van der Waals surface area contributed by atoms with Crippen LogP contribution in [-0.2, 0) is 16.1 Å². The summed E-state index contributed by atoms with van der Waals surface area (Å²) < 4.78 is 0. The van der Waals surface area contributed by atoms with Gasteiger partial charge in [-0.2, -0.15) is 0 Å². The highest BCUT2D eigenvalue weighted by molar-refractivity contribution is 6.46. The molecule has 0 saturated carbocycles. The number of aromatic nitrogens is 2. The molecule has 3 heterocycles. The number of carbonyl (C=O) groups excluding carboxylic acids is 2. The molecule has 2 aromatic carbocycles. The zero-order valence-corrected chi connectivity index (χ0v) is 17.4. The molecule has 1 fully saturated rings. The maximum atomic E-state index is 13.2. The third kappa shape index (κ3) is 3.17. The summed E-state index contributed by atoms with van der Waals surface area (Å²) >= 11 is 0. The van der Waals surface area contributed by atoms with Gasteiger partial charge in [-0.3, -0.25) is 14.6 Å². The molecule has 2 aromatic heterocycles. The fraction of sp³-hybridized carbons (Fsp3) is 0.115. The van der Waals surface area contributed by atoms with Gasteiger partial charge in [0.1, 0.15) is 5.76 Å². The number of rotatable bonds is 4. The lowest BCUT2D eigenvalue weighted by Crippen LogP contribution is -2.29. The molecule has 6 heteroatoms. The number of aromatic amines is 1. The first-order valence-electron chi connectivity index (χ1n) is 10.4. The highest BCUT2D eigenvalue weighted by Gasteiger charge is 2.46. The number of nitrogens with zero attached hydrogens (tertiary/aromatic N) is 2. The number of fused-ring (bicyclic) bond motifs is 1. The minimum Gasteiger partial charge on any atom is -0.507 e. The van der Waals surface area contributed by atoms with E-state index in [0.29, 0.717) is 5.56 Å². The number of benzene rings is 2. The number of hydrogen-bond acceptors (Lipinski definition) is 4. The molecular weight excluding hydrogens is 402 g/mol. The number of aryl methyl sites for hydroxylation is 1. The van der Waals surface area contributed by atoms with Crippen LogP contribution >= 0.6 is 0 Å². The monoisotopic (exact) mass is 423 g/mol. The van der Waals surface area contributed by atoms with Crippen LogP contribution < -0.4 is 0 Å². The molecule has 1 aliphatic heterocycles. The highest BCUT2D eigenvalue weighted by atomic mass is 16.3. The third-order valence-electron chi connectivity index (χ3n) is 5.97. The van der Waals surface area contributed by atoms with E-state index in [1.165, 1.54) is 4.90 Å². The van der Waals surface area contributed by atoms with Gasteiger partial charge in [0, 0.05) is 41.6 Å². The van der Waals surface area contributed by atoms with Gasteiger partial charge in [0.2, 0.25) is 0 Å². The molecule has 5 rings (SSSR count). The number of H-pyrrole nitrogens is 1. The summed E-state index contributed by atoms with van der Waals surface area (Å²) in [6.45, 7) is 2.17. The molecular formula is C26H21N3O3. The van der Waals surface area contributed by atoms with E-state index in [9.17, 15) is 14.7 Å². The lowest BCUT2D eigenvalue weighted by Gasteiger charge is -2.26. The summed E-state index contributed by atoms with van der Waals surface area (Å²) in [5.74, 6) is -1.49. The molecule has 6 nitrogen and oxygen atoms in total. The van der Waals surface area contributed by atoms with Crippen LogP contribution in [0, 0.1) is 6.92 Å². The number of likely N-dealkylation sites (tertiary alicyclic amines) is 1. The van der Waals surface area contributed by atoms with E-state index in [-0.39, 0.29) is 17.9 Å². The van der Waals surface area contributed by atoms with Crippen molar-refractivity contribution in [3.8, 4) is 0 Å². The van der Waals surface area contributed by atoms with Crippen molar-refractivity contribution in [2.24, 2.45) is 0 Å². The van der Waals surface area contributed by atoms with E-state index in [1.807, 2.05) is 67.6 Å². The number of ketones is 1. The number of para-hydroxylation sites is 1. The second-order valence-electron chi connectivity index (χ2n) is 7.89. The maximum Gasteiger partial charge on any atom is 0.295 e. The Kier molecular flexibility index (Phi) is 4.82. The number of Topliss-reactive ketones (excluding diaryl/α,β-unsaturated/α-hetero) is 1. The van der Waals surface area contributed by atoms with Crippen molar-refractivity contribution in [3.63, 3.8) is 0 Å². The van der Waals surface area contributed by atoms with Gasteiger partial charge in [-0.1, -0.05) is 42.5 Å². The summed E-state index contributed by atoms with van der Waals surface area (Å²) in [6, 6.07) is 18.1. The van der Waals surface area contributed by atoms with Crippen LogP contribution in [0.2, 0.25) is 0 Å². The standard InChI is InChI=1S/C26H21N3O3/c1-16-6-2-3-7-18(16)23-22(24(30)20-14-28-21-9-5-4-8-19(20)21)25(31)26(32)29(23)15-17-10-12-27-13-11-17/h2-14,23,28,30H,15H2,1H3/b24-22+. The van der Waals surface area contributed by atoms with Crippen molar-refractivity contribution in [3.05, 3.63) is 107 Å². The third-order valence-corrected chi connectivity index (χ3v) is 5.97. The van der Waals surface area contributed by atoms with E-state index >= 15 is 0 Å². The Morgan fingerprint density at radius 1 is 1.03 bits per heavy atom. The van der Waals surface area contributed by atoms with E-state index in [0.717, 1.165) is 27.6 Å². The van der Waals surface area contributed by atoms with E-state index in [4.69, 9.17) is 0 Å². The predicted octanol–water partition coefficient (Wildman–Crippen LogP) is 4.49. The summed E-state index contributed by atoms with van der Waals surface area (Å²) in [5.41, 5.74) is 4.04. The smallest absolute Gasteiger partial charge is 0.295 e. The number of pyridine rings is 1. The quantitative estimate of drug-likeness (QED) is 0.288. The van der Waals surface area contributed by atoms with Gasteiger partial charge in [-0.05, 0) is 41.8 Å². The fourth-order valence-corrected chi connectivity index (χ4v) is 4.36. The maximum absolute atomic E-state index is 13.2. The molecule has 1 aliphatic rings. The van der Waals surface area contributed by atoms with Crippen LogP contribution in [0.1, 0.15) is 28.3 Å². The van der Waals surface area contributed by atoms with Crippen molar-refractivity contribution >= 4 is 28.4 Å². The molecule has 2 N–H and O–H groups in total. The Labute approximate surface area is 184 Å². The Balaban J connectivity index is 1.71. The largest absolute Gasteiger partial charge is 0.507 e. The topological polar surface area (TPSA) is 86.3 Å². The molecule has 32 heavy (non-hydrogen) atoms. The molecule has 4 aromatic rings. The molecule has 1 amide bonds. The number of amides is 1. The minimum absolute atomic E-state index is 0.100. The van der Waals surface area contributed by atoms with Crippen LogP contribution in [0.25, 0.3) is 16.7 Å². The first kappa shape index (κ1) is 19.8. The van der Waals surface area contributed by atoms with Crippen molar-refractivity contribution < 1.29 is 14.7 Å². The lowest BCUT2D eigenvalue weighted by atomic mass is 9.92. The number of hydrogen-bond donors (Lipinski definition) is 2. The molecule has 0 spiro atoms. The second-order valence-corrected chi connectivity index (χ2v) is 7.89. The Morgan fingerprint density at radius 3 is 2.53 bits per heavy atom. The normalized spacial score (nSPS) is 17.9. The zero-order chi connectivity index (χ0) is 22.2. The average molecular weight is 423 g/mol. The first-order valence-corrected chi connectivity index (χ1v) is 10.4.